The summed E-state index contributed by atoms with van der Waals surface area (Å²) >= 11 is 0. The van der Waals surface area contributed by atoms with E-state index in [0.717, 1.165) is 18.9 Å². The molecule has 0 aliphatic heterocycles. The molecule has 2 N–H and O–H groups in total. The third-order valence-corrected chi connectivity index (χ3v) is 5.17. The van der Waals surface area contributed by atoms with E-state index >= 15 is 0 Å². The van der Waals surface area contributed by atoms with E-state index in [-0.39, 0.29) is 10.5 Å². The molecule has 0 unspecified atom stereocenters. The number of rotatable bonds is 6. The number of fused-ring (bicyclic) bond motifs is 1. The van der Waals surface area contributed by atoms with Gasteiger partial charge in [-0.15, -0.1) is 0 Å². The van der Waals surface area contributed by atoms with Gasteiger partial charge in [0.1, 0.15) is 5.82 Å². The summed E-state index contributed by atoms with van der Waals surface area (Å²) in [6.45, 7) is 5.68. The summed E-state index contributed by atoms with van der Waals surface area (Å²) in [5, 5.41) is 0. The molecule has 25 heavy (non-hydrogen) atoms. The molecule has 0 aliphatic rings. The van der Waals surface area contributed by atoms with Crippen LogP contribution in [0.1, 0.15) is 13.8 Å². The van der Waals surface area contributed by atoms with Crippen LogP contribution >= 0.6 is 0 Å². The molecule has 0 saturated carbocycles. The third kappa shape index (κ3) is 3.50. The monoisotopic (exact) mass is 362 g/mol. The number of sulfonamides is 1. The second kappa shape index (κ2) is 6.60. The number of benzene rings is 1. The molecule has 8 nitrogen and oxygen atoms in total. The molecule has 0 saturated heterocycles. The smallest absolute Gasteiger partial charge is 0.408 e. The molecular weight excluding hydrogens is 344 g/mol. The Morgan fingerprint density at radius 3 is 2.60 bits per heavy atom. The van der Waals surface area contributed by atoms with Crippen molar-refractivity contribution in [3.05, 3.63) is 47.1 Å². The van der Waals surface area contributed by atoms with E-state index in [1.165, 1.54) is 24.4 Å². The lowest BCUT2D eigenvalue weighted by molar-refractivity contribution is 0.554. The molecule has 0 radical (unpaired) electrons. The van der Waals surface area contributed by atoms with E-state index in [2.05, 4.69) is 19.6 Å². The Bertz CT molecular complexity index is 1030. The highest BCUT2D eigenvalue weighted by atomic mass is 32.2. The van der Waals surface area contributed by atoms with E-state index < -0.39 is 15.8 Å². The van der Waals surface area contributed by atoms with Crippen molar-refractivity contribution in [1.82, 2.24) is 9.97 Å². The van der Waals surface area contributed by atoms with Crippen molar-refractivity contribution >= 4 is 32.6 Å². The average molecular weight is 362 g/mol. The summed E-state index contributed by atoms with van der Waals surface area (Å²) in [6, 6.07) is 7.60. The van der Waals surface area contributed by atoms with Gasteiger partial charge < -0.3 is 9.32 Å². The van der Waals surface area contributed by atoms with E-state index in [0.29, 0.717) is 11.2 Å². The normalized spacial score (nSPS) is 11.6. The van der Waals surface area contributed by atoms with E-state index in [9.17, 15) is 13.2 Å². The van der Waals surface area contributed by atoms with E-state index in [1.54, 1.807) is 12.1 Å². The number of hydrogen-bond acceptors (Lipinski definition) is 6. The van der Waals surface area contributed by atoms with Crippen molar-refractivity contribution in [3.63, 3.8) is 0 Å². The summed E-state index contributed by atoms with van der Waals surface area (Å²) in [4.78, 5) is 20.0. The van der Waals surface area contributed by atoms with Gasteiger partial charge >= 0.3 is 5.76 Å². The second-order valence-corrected chi connectivity index (χ2v) is 7.04. The van der Waals surface area contributed by atoms with Gasteiger partial charge in [0, 0.05) is 19.2 Å². The van der Waals surface area contributed by atoms with Gasteiger partial charge in [-0.2, -0.15) is 0 Å². The second-order valence-electron chi connectivity index (χ2n) is 5.36. The minimum Gasteiger partial charge on any atom is -0.408 e. The Labute approximate surface area is 144 Å². The van der Waals surface area contributed by atoms with Gasteiger partial charge in [0.2, 0.25) is 0 Å². The number of nitrogens with zero attached hydrogens (tertiary/aromatic N) is 2. The molecule has 2 aromatic heterocycles. The summed E-state index contributed by atoms with van der Waals surface area (Å²) in [5.74, 6) is 0.150. The number of hydrogen-bond donors (Lipinski definition) is 2. The van der Waals surface area contributed by atoms with Crippen molar-refractivity contribution in [2.45, 2.75) is 18.7 Å². The first-order valence-electron chi connectivity index (χ1n) is 7.79. The fraction of sp³-hybridized carbons (Fsp3) is 0.250. The largest absolute Gasteiger partial charge is 0.417 e. The lowest BCUT2D eigenvalue weighted by Gasteiger charge is -2.19. The Morgan fingerprint density at radius 1 is 1.20 bits per heavy atom. The van der Waals surface area contributed by atoms with E-state index in [4.69, 9.17) is 4.42 Å². The molecule has 3 rings (SSSR count). The standard InChI is InChI=1S/C16H18N4O4S/c1-3-20(4-2)15-8-5-11(10-17-15)19-25(22,23)12-6-7-13-14(9-12)24-16(21)18-13/h5-10,19H,3-4H2,1-2H3,(H,18,21). The minimum atomic E-state index is -3.82. The highest BCUT2D eigenvalue weighted by Gasteiger charge is 2.16. The summed E-state index contributed by atoms with van der Waals surface area (Å²) in [6.07, 6.45) is 1.47. The van der Waals surface area contributed by atoms with Gasteiger partial charge in [-0.05, 0) is 38.1 Å². The highest BCUT2D eigenvalue weighted by Crippen LogP contribution is 2.21. The predicted molar refractivity (Wildman–Crippen MR) is 95.4 cm³/mol. The molecule has 132 valence electrons. The van der Waals surface area contributed by atoms with Crippen molar-refractivity contribution in [3.8, 4) is 0 Å². The topological polar surface area (TPSA) is 108 Å². The SMILES string of the molecule is CCN(CC)c1ccc(NS(=O)(=O)c2ccc3[nH]c(=O)oc3c2)cn1. The molecular formula is C16H18N4O4S. The van der Waals surface area contributed by atoms with Crippen molar-refractivity contribution in [2.24, 2.45) is 0 Å². The molecule has 2 heterocycles. The van der Waals surface area contributed by atoms with Crippen LogP contribution in [0.2, 0.25) is 0 Å². The van der Waals surface area contributed by atoms with Crippen LogP contribution in [-0.4, -0.2) is 31.5 Å². The molecule has 0 spiro atoms. The Morgan fingerprint density at radius 2 is 1.96 bits per heavy atom. The fourth-order valence-electron chi connectivity index (χ4n) is 2.49. The maximum Gasteiger partial charge on any atom is 0.417 e. The molecule has 0 atom stereocenters. The van der Waals surface area contributed by atoms with Gasteiger partial charge in [-0.1, -0.05) is 0 Å². The van der Waals surface area contributed by atoms with Crippen LogP contribution in [-0.2, 0) is 10.0 Å². The van der Waals surface area contributed by atoms with Gasteiger partial charge in [0.05, 0.1) is 22.3 Å². The zero-order chi connectivity index (χ0) is 18.0. The van der Waals surface area contributed by atoms with Crippen LogP contribution in [0, 0.1) is 0 Å². The van der Waals surface area contributed by atoms with Gasteiger partial charge in [-0.25, -0.2) is 18.2 Å². The molecule has 0 fully saturated rings. The zero-order valence-electron chi connectivity index (χ0n) is 13.8. The molecule has 0 bridgehead atoms. The van der Waals surface area contributed by atoms with Gasteiger partial charge in [-0.3, -0.25) is 9.71 Å². The van der Waals surface area contributed by atoms with Crippen molar-refractivity contribution in [1.29, 1.82) is 0 Å². The molecule has 9 heteroatoms. The molecule has 0 aliphatic carbocycles. The Hall–Kier alpha value is -2.81. The van der Waals surface area contributed by atoms with Crippen molar-refractivity contribution < 1.29 is 12.8 Å². The van der Waals surface area contributed by atoms with Crippen LogP contribution in [0.3, 0.4) is 0 Å². The Kier molecular flexibility index (Phi) is 4.49. The molecule has 3 aromatic rings. The average Bonchev–Trinajstić information content (AvgIpc) is 2.96. The molecule has 0 amide bonds. The molecule has 1 aromatic carbocycles. The predicted octanol–water partition coefficient (Wildman–Crippen LogP) is 2.16. The number of pyridine rings is 1. The summed E-state index contributed by atoms with van der Waals surface area (Å²) < 4.78 is 32.4. The number of H-pyrrole nitrogens is 1. The van der Waals surface area contributed by atoms with Crippen LogP contribution in [0.25, 0.3) is 11.1 Å². The third-order valence-electron chi connectivity index (χ3n) is 3.79. The number of nitrogens with one attached hydrogen (secondary N) is 2. The first-order valence-corrected chi connectivity index (χ1v) is 9.28. The quantitative estimate of drug-likeness (QED) is 0.696. The Balaban J connectivity index is 1.85. The lowest BCUT2D eigenvalue weighted by atomic mass is 10.3. The number of oxazole rings is 1. The van der Waals surface area contributed by atoms with E-state index in [1.807, 2.05) is 13.8 Å². The maximum atomic E-state index is 12.5. The number of aromatic amines is 1. The van der Waals surface area contributed by atoms with Crippen LogP contribution < -0.4 is 15.4 Å². The van der Waals surface area contributed by atoms with Gasteiger partial charge in [0.15, 0.2) is 5.58 Å². The van der Waals surface area contributed by atoms with Crippen LogP contribution in [0.15, 0.2) is 50.6 Å². The zero-order valence-corrected chi connectivity index (χ0v) is 14.6. The first kappa shape index (κ1) is 17.0. The van der Waals surface area contributed by atoms with Crippen molar-refractivity contribution in [2.75, 3.05) is 22.7 Å². The van der Waals surface area contributed by atoms with Gasteiger partial charge in [0.25, 0.3) is 10.0 Å². The highest BCUT2D eigenvalue weighted by molar-refractivity contribution is 7.92. The number of anilines is 2. The summed E-state index contributed by atoms with van der Waals surface area (Å²) in [7, 11) is -3.82. The van der Waals surface area contributed by atoms with Crippen LogP contribution in [0.5, 0.6) is 0 Å². The maximum absolute atomic E-state index is 12.5. The lowest BCUT2D eigenvalue weighted by Crippen LogP contribution is -2.22. The minimum absolute atomic E-state index is 0.00410. The van der Waals surface area contributed by atoms with Crippen LogP contribution in [0.4, 0.5) is 11.5 Å². The first-order chi connectivity index (χ1) is 11.9. The fourth-order valence-corrected chi connectivity index (χ4v) is 3.55. The number of aromatic nitrogens is 2. The summed E-state index contributed by atoms with van der Waals surface area (Å²) in [5.41, 5.74) is 0.976.